The third-order valence-electron chi connectivity index (χ3n) is 2.77. The van der Waals surface area contributed by atoms with Crippen molar-refractivity contribution < 1.29 is 0 Å². The van der Waals surface area contributed by atoms with Gasteiger partial charge in [-0.3, -0.25) is 4.99 Å². The summed E-state index contributed by atoms with van der Waals surface area (Å²) in [5.74, 6) is 2.43. The second kappa shape index (κ2) is 10.0. The van der Waals surface area contributed by atoms with Gasteiger partial charge < -0.3 is 15.2 Å². The van der Waals surface area contributed by atoms with Gasteiger partial charge in [-0.2, -0.15) is 0 Å². The standard InChI is InChI=1S/C15H30N6.HI/c1-7-13-20-18-11-21(13)9-8-16-14(17-10-12(2)3)19-15(4,5)6;/h11-12H,7-10H2,1-6H3,(H2,16,17,19);1H. The molecular formula is C15H31IN6. The molecule has 0 aliphatic carbocycles. The highest BCUT2D eigenvalue weighted by molar-refractivity contribution is 14.0. The summed E-state index contributed by atoms with van der Waals surface area (Å²) in [5, 5.41) is 14.8. The number of aryl methyl sites for hydroxylation is 1. The highest BCUT2D eigenvalue weighted by Gasteiger charge is 2.12. The van der Waals surface area contributed by atoms with E-state index in [1.807, 2.05) is 0 Å². The lowest BCUT2D eigenvalue weighted by Gasteiger charge is -2.24. The Morgan fingerprint density at radius 3 is 2.59 bits per heavy atom. The number of nitrogens with zero attached hydrogens (tertiary/aromatic N) is 4. The molecule has 1 rings (SSSR count). The fourth-order valence-corrected chi connectivity index (χ4v) is 1.80. The molecule has 1 aromatic rings. The number of aromatic nitrogens is 3. The van der Waals surface area contributed by atoms with Crippen LogP contribution in [0.15, 0.2) is 11.3 Å². The minimum Gasteiger partial charge on any atom is -0.355 e. The Morgan fingerprint density at radius 2 is 2.05 bits per heavy atom. The number of guanidine groups is 1. The van der Waals surface area contributed by atoms with Crippen LogP contribution in [0.1, 0.15) is 47.4 Å². The highest BCUT2D eigenvalue weighted by atomic mass is 127. The Hall–Kier alpha value is -0.860. The quantitative estimate of drug-likeness (QED) is 0.420. The molecule has 0 aromatic carbocycles. The third-order valence-corrected chi connectivity index (χ3v) is 2.77. The van der Waals surface area contributed by atoms with E-state index in [1.165, 1.54) is 0 Å². The SMILES string of the molecule is CCc1nncn1CCNC(=NCC(C)C)NC(C)(C)C.I. The van der Waals surface area contributed by atoms with Crippen molar-refractivity contribution in [2.75, 3.05) is 13.1 Å². The highest BCUT2D eigenvalue weighted by Crippen LogP contribution is 1.99. The summed E-state index contributed by atoms with van der Waals surface area (Å²) in [5.41, 5.74) is -0.00600. The molecule has 1 heterocycles. The largest absolute Gasteiger partial charge is 0.355 e. The van der Waals surface area contributed by atoms with E-state index in [2.05, 4.69) is 71.9 Å². The Balaban J connectivity index is 0.00000441. The van der Waals surface area contributed by atoms with Crippen LogP contribution in [-0.4, -0.2) is 39.4 Å². The van der Waals surface area contributed by atoms with Crippen molar-refractivity contribution in [1.82, 2.24) is 25.4 Å². The van der Waals surface area contributed by atoms with Gasteiger partial charge in [0.15, 0.2) is 5.96 Å². The fraction of sp³-hybridized carbons (Fsp3) is 0.800. The van der Waals surface area contributed by atoms with Gasteiger partial charge in [0, 0.05) is 31.6 Å². The van der Waals surface area contributed by atoms with Crippen LogP contribution in [-0.2, 0) is 13.0 Å². The Bertz CT molecular complexity index is 447. The molecule has 6 nitrogen and oxygen atoms in total. The van der Waals surface area contributed by atoms with Gasteiger partial charge in [-0.05, 0) is 26.7 Å². The third kappa shape index (κ3) is 8.55. The summed E-state index contributed by atoms with van der Waals surface area (Å²) in [6.07, 6.45) is 2.68. The summed E-state index contributed by atoms with van der Waals surface area (Å²) in [6.45, 7) is 15.3. The van der Waals surface area contributed by atoms with Crippen LogP contribution in [0.2, 0.25) is 0 Å². The zero-order valence-corrected chi connectivity index (χ0v) is 17.0. The second-order valence-electron chi connectivity index (χ2n) is 6.68. The van der Waals surface area contributed by atoms with Gasteiger partial charge in [-0.1, -0.05) is 20.8 Å². The van der Waals surface area contributed by atoms with Crippen molar-refractivity contribution in [3.05, 3.63) is 12.2 Å². The average molecular weight is 422 g/mol. The van der Waals surface area contributed by atoms with Crippen LogP contribution in [0.3, 0.4) is 0 Å². The van der Waals surface area contributed by atoms with E-state index >= 15 is 0 Å². The van der Waals surface area contributed by atoms with Crippen LogP contribution < -0.4 is 10.6 Å². The van der Waals surface area contributed by atoms with E-state index in [0.717, 1.165) is 37.8 Å². The molecule has 1 aromatic heterocycles. The molecule has 128 valence electrons. The lowest BCUT2D eigenvalue weighted by atomic mass is 10.1. The zero-order chi connectivity index (χ0) is 15.9. The number of hydrogen-bond acceptors (Lipinski definition) is 3. The smallest absolute Gasteiger partial charge is 0.191 e. The molecule has 0 unspecified atom stereocenters. The molecule has 2 N–H and O–H groups in total. The summed E-state index contributed by atoms with van der Waals surface area (Å²) in [4.78, 5) is 4.62. The number of hydrogen-bond donors (Lipinski definition) is 2. The Labute approximate surface area is 151 Å². The first-order valence-electron chi connectivity index (χ1n) is 7.75. The lowest BCUT2D eigenvalue weighted by molar-refractivity contribution is 0.496. The average Bonchev–Trinajstić information content (AvgIpc) is 2.81. The topological polar surface area (TPSA) is 67.1 Å². The van der Waals surface area contributed by atoms with Gasteiger partial charge >= 0.3 is 0 Å². The van der Waals surface area contributed by atoms with E-state index in [0.29, 0.717) is 5.92 Å². The molecule has 0 aliphatic heterocycles. The van der Waals surface area contributed by atoms with Gasteiger partial charge in [0.1, 0.15) is 12.2 Å². The summed E-state index contributed by atoms with van der Waals surface area (Å²) < 4.78 is 2.07. The fourth-order valence-electron chi connectivity index (χ4n) is 1.80. The van der Waals surface area contributed by atoms with Gasteiger partial charge in [-0.25, -0.2) is 0 Å². The number of nitrogens with one attached hydrogen (secondary N) is 2. The predicted molar refractivity (Wildman–Crippen MR) is 103 cm³/mol. The molecule has 0 saturated heterocycles. The van der Waals surface area contributed by atoms with E-state index in [4.69, 9.17) is 0 Å². The van der Waals surface area contributed by atoms with Crippen molar-refractivity contribution in [2.24, 2.45) is 10.9 Å². The monoisotopic (exact) mass is 422 g/mol. The molecule has 0 bridgehead atoms. The summed E-state index contributed by atoms with van der Waals surface area (Å²) in [6, 6.07) is 0. The van der Waals surface area contributed by atoms with Crippen LogP contribution in [0.25, 0.3) is 0 Å². The molecule has 22 heavy (non-hydrogen) atoms. The summed E-state index contributed by atoms with van der Waals surface area (Å²) >= 11 is 0. The van der Waals surface area contributed by atoms with Gasteiger partial charge in [0.05, 0.1) is 0 Å². The van der Waals surface area contributed by atoms with Crippen LogP contribution in [0.4, 0.5) is 0 Å². The minimum atomic E-state index is -0.00600. The molecule has 0 atom stereocenters. The number of aliphatic imine (C=N–C) groups is 1. The minimum absolute atomic E-state index is 0. The second-order valence-corrected chi connectivity index (χ2v) is 6.68. The number of rotatable bonds is 6. The van der Waals surface area contributed by atoms with Crippen LogP contribution >= 0.6 is 24.0 Å². The zero-order valence-electron chi connectivity index (χ0n) is 14.7. The molecule has 0 aliphatic rings. The molecule has 0 fully saturated rings. The number of halogens is 1. The maximum Gasteiger partial charge on any atom is 0.191 e. The van der Waals surface area contributed by atoms with Gasteiger partial charge in [0.25, 0.3) is 0 Å². The first-order chi connectivity index (χ1) is 9.81. The Morgan fingerprint density at radius 1 is 1.36 bits per heavy atom. The summed E-state index contributed by atoms with van der Waals surface area (Å²) in [7, 11) is 0. The van der Waals surface area contributed by atoms with Gasteiger partial charge in [0.2, 0.25) is 0 Å². The first kappa shape index (κ1) is 21.1. The van der Waals surface area contributed by atoms with Crippen LogP contribution in [0, 0.1) is 5.92 Å². The molecule has 7 heteroatoms. The van der Waals surface area contributed by atoms with Crippen molar-refractivity contribution in [1.29, 1.82) is 0 Å². The molecule has 0 saturated carbocycles. The van der Waals surface area contributed by atoms with Crippen molar-refractivity contribution >= 4 is 29.9 Å². The van der Waals surface area contributed by atoms with Gasteiger partial charge in [-0.15, -0.1) is 34.2 Å². The van der Waals surface area contributed by atoms with Crippen molar-refractivity contribution in [2.45, 2.75) is 60.0 Å². The normalized spacial score (nSPS) is 12.2. The Kier molecular flexibility index (Phi) is 9.63. The van der Waals surface area contributed by atoms with Crippen molar-refractivity contribution in [3.63, 3.8) is 0 Å². The lowest BCUT2D eigenvalue weighted by Crippen LogP contribution is -2.48. The van der Waals surface area contributed by atoms with E-state index in [9.17, 15) is 0 Å². The maximum absolute atomic E-state index is 4.62. The predicted octanol–water partition coefficient (Wildman–Crippen LogP) is 2.45. The van der Waals surface area contributed by atoms with E-state index in [1.54, 1.807) is 6.33 Å². The van der Waals surface area contributed by atoms with E-state index in [-0.39, 0.29) is 29.5 Å². The maximum atomic E-state index is 4.62. The molecular weight excluding hydrogens is 391 g/mol. The van der Waals surface area contributed by atoms with Crippen LogP contribution in [0.5, 0.6) is 0 Å². The van der Waals surface area contributed by atoms with Crippen molar-refractivity contribution in [3.8, 4) is 0 Å². The van der Waals surface area contributed by atoms with E-state index < -0.39 is 0 Å². The molecule has 0 radical (unpaired) electrons. The molecule has 0 spiro atoms. The molecule has 0 amide bonds. The first-order valence-corrected chi connectivity index (χ1v) is 7.75.